The van der Waals surface area contributed by atoms with Crippen molar-refractivity contribution in [2.24, 2.45) is 5.92 Å². The molecule has 0 radical (unpaired) electrons. The summed E-state index contributed by atoms with van der Waals surface area (Å²) in [6.45, 7) is 3.37. The number of rotatable bonds is 6. The fourth-order valence-electron chi connectivity index (χ4n) is 3.07. The van der Waals surface area contributed by atoms with Crippen molar-refractivity contribution >= 4 is 0 Å². The number of aromatic nitrogens is 2. The lowest BCUT2D eigenvalue weighted by molar-refractivity contribution is 0.314. The number of nitrogens with zero attached hydrogens (tertiary/aromatic N) is 1. The normalized spacial score (nSPS) is 19.6. The lowest BCUT2D eigenvalue weighted by atomic mass is 9.89. The number of imidazole rings is 1. The highest BCUT2D eigenvalue weighted by atomic mass is 14.9. The van der Waals surface area contributed by atoms with Crippen LogP contribution in [0.3, 0.4) is 0 Å². The van der Waals surface area contributed by atoms with Crippen LogP contribution in [0.5, 0.6) is 0 Å². The molecule has 1 aliphatic carbocycles. The molecule has 1 saturated carbocycles. The zero-order chi connectivity index (χ0) is 12.6. The second kappa shape index (κ2) is 7.57. The second-order valence-corrected chi connectivity index (χ2v) is 5.55. The van der Waals surface area contributed by atoms with Crippen molar-refractivity contribution < 1.29 is 0 Å². The van der Waals surface area contributed by atoms with Crippen LogP contribution < -0.4 is 5.32 Å². The lowest BCUT2D eigenvalue weighted by Gasteiger charge is -2.26. The highest BCUT2D eigenvalue weighted by molar-refractivity contribution is 4.93. The third-order valence-electron chi connectivity index (χ3n) is 4.09. The van der Waals surface area contributed by atoms with E-state index in [2.05, 4.69) is 22.2 Å². The average molecular weight is 249 g/mol. The minimum atomic E-state index is 0.606. The van der Waals surface area contributed by atoms with Crippen molar-refractivity contribution in [3.63, 3.8) is 0 Å². The first-order valence-corrected chi connectivity index (χ1v) is 7.61. The number of aromatic amines is 1. The highest BCUT2D eigenvalue weighted by Crippen LogP contribution is 2.26. The Labute approximate surface area is 111 Å². The minimum Gasteiger partial charge on any atom is -0.349 e. The molecule has 1 aromatic rings. The minimum absolute atomic E-state index is 0.606. The predicted molar refractivity (Wildman–Crippen MR) is 75.6 cm³/mol. The van der Waals surface area contributed by atoms with Gasteiger partial charge in [0, 0.05) is 24.9 Å². The summed E-state index contributed by atoms with van der Waals surface area (Å²) < 4.78 is 0. The molecule has 1 aromatic heterocycles. The molecule has 1 unspecified atom stereocenters. The van der Waals surface area contributed by atoms with Gasteiger partial charge in [0.2, 0.25) is 0 Å². The largest absolute Gasteiger partial charge is 0.349 e. The lowest BCUT2D eigenvalue weighted by Crippen LogP contribution is -2.38. The van der Waals surface area contributed by atoms with E-state index in [1.54, 1.807) is 0 Å². The van der Waals surface area contributed by atoms with Crippen LogP contribution in [0, 0.1) is 5.92 Å². The Morgan fingerprint density at radius 3 is 2.72 bits per heavy atom. The van der Waals surface area contributed by atoms with Crippen molar-refractivity contribution in [1.82, 2.24) is 15.3 Å². The van der Waals surface area contributed by atoms with E-state index in [1.165, 1.54) is 44.9 Å². The van der Waals surface area contributed by atoms with Gasteiger partial charge in [0.1, 0.15) is 5.82 Å². The Bertz CT molecular complexity index is 300. The zero-order valence-electron chi connectivity index (χ0n) is 11.6. The van der Waals surface area contributed by atoms with E-state index < -0.39 is 0 Å². The molecular formula is C15H27N3. The van der Waals surface area contributed by atoms with Crippen molar-refractivity contribution in [2.75, 3.05) is 6.54 Å². The van der Waals surface area contributed by atoms with Crippen LogP contribution in [0.15, 0.2) is 12.4 Å². The molecule has 0 amide bonds. The Morgan fingerprint density at radius 1 is 1.33 bits per heavy atom. The van der Waals surface area contributed by atoms with Gasteiger partial charge in [0.15, 0.2) is 0 Å². The third kappa shape index (κ3) is 4.13. The summed E-state index contributed by atoms with van der Waals surface area (Å²) >= 11 is 0. The summed E-state index contributed by atoms with van der Waals surface area (Å²) in [6.07, 6.45) is 14.5. The molecule has 18 heavy (non-hydrogen) atoms. The Kier molecular flexibility index (Phi) is 5.72. The van der Waals surface area contributed by atoms with Crippen LogP contribution in [0.1, 0.15) is 57.7 Å². The average Bonchev–Trinajstić information content (AvgIpc) is 2.74. The van der Waals surface area contributed by atoms with Crippen LogP contribution in [0.25, 0.3) is 0 Å². The molecule has 2 N–H and O–H groups in total. The maximum atomic E-state index is 4.39. The van der Waals surface area contributed by atoms with Crippen LogP contribution >= 0.6 is 0 Å². The molecule has 1 atom stereocenters. The maximum Gasteiger partial charge on any atom is 0.107 e. The summed E-state index contributed by atoms with van der Waals surface area (Å²) in [5, 5.41) is 3.75. The van der Waals surface area contributed by atoms with Crippen LogP contribution in [-0.4, -0.2) is 22.6 Å². The summed E-state index contributed by atoms with van der Waals surface area (Å²) in [7, 11) is 0. The van der Waals surface area contributed by atoms with Crippen LogP contribution in [-0.2, 0) is 6.42 Å². The molecule has 0 aliphatic heterocycles. The van der Waals surface area contributed by atoms with E-state index in [1.807, 2.05) is 12.4 Å². The second-order valence-electron chi connectivity index (χ2n) is 5.55. The predicted octanol–water partition coefficient (Wildman–Crippen LogP) is 3.29. The van der Waals surface area contributed by atoms with Gasteiger partial charge in [-0.1, -0.05) is 32.6 Å². The van der Waals surface area contributed by atoms with E-state index in [-0.39, 0.29) is 0 Å². The first kappa shape index (κ1) is 13.6. The molecule has 0 saturated heterocycles. The molecule has 102 valence electrons. The fourth-order valence-corrected chi connectivity index (χ4v) is 3.07. The SMILES string of the molecule is CCCNC(Cc1ncc[nH]1)C1CCCCCC1. The Hall–Kier alpha value is -0.830. The van der Waals surface area contributed by atoms with E-state index >= 15 is 0 Å². The third-order valence-corrected chi connectivity index (χ3v) is 4.09. The Balaban J connectivity index is 1.93. The van der Waals surface area contributed by atoms with Crippen molar-refractivity contribution in [3.8, 4) is 0 Å². The number of nitrogens with one attached hydrogen (secondary N) is 2. The van der Waals surface area contributed by atoms with E-state index in [9.17, 15) is 0 Å². The first-order chi connectivity index (χ1) is 8.90. The standard InChI is InChI=1S/C15H27N3/c1-2-9-16-14(12-15-17-10-11-18-15)13-7-5-3-4-6-8-13/h10-11,13-14,16H,2-9,12H2,1H3,(H,17,18). The fraction of sp³-hybridized carbons (Fsp3) is 0.800. The number of hydrogen-bond acceptors (Lipinski definition) is 2. The van der Waals surface area contributed by atoms with E-state index in [4.69, 9.17) is 0 Å². The van der Waals surface area contributed by atoms with Gasteiger partial charge < -0.3 is 10.3 Å². The quantitative estimate of drug-likeness (QED) is 0.760. The summed E-state index contributed by atoms with van der Waals surface area (Å²) in [5.41, 5.74) is 0. The first-order valence-electron chi connectivity index (χ1n) is 7.61. The van der Waals surface area contributed by atoms with Crippen LogP contribution in [0.4, 0.5) is 0 Å². The highest BCUT2D eigenvalue weighted by Gasteiger charge is 2.23. The van der Waals surface area contributed by atoms with Gasteiger partial charge in [-0.2, -0.15) is 0 Å². The van der Waals surface area contributed by atoms with Crippen LogP contribution in [0.2, 0.25) is 0 Å². The summed E-state index contributed by atoms with van der Waals surface area (Å²) in [4.78, 5) is 7.63. The molecule has 1 fully saturated rings. The monoisotopic (exact) mass is 249 g/mol. The molecule has 1 aliphatic rings. The molecule has 3 nitrogen and oxygen atoms in total. The molecule has 0 spiro atoms. The van der Waals surface area contributed by atoms with E-state index in [0.29, 0.717) is 6.04 Å². The van der Waals surface area contributed by atoms with Gasteiger partial charge in [-0.15, -0.1) is 0 Å². The van der Waals surface area contributed by atoms with Gasteiger partial charge in [0.05, 0.1) is 0 Å². The summed E-state index contributed by atoms with van der Waals surface area (Å²) in [6, 6.07) is 0.606. The zero-order valence-corrected chi connectivity index (χ0v) is 11.6. The molecule has 0 aromatic carbocycles. The summed E-state index contributed by atoms with van der Waals surface area (Å²) in [5.74, 6) is 1.97. The van der Waals surface area contributed by atoms with E-state index in [0.717, 1.165) is 24.7 Å². The number of hydrogen-bond donors (Lipinski definition) is 2. The topological polar surface area (TPSA) is 40.7 Å². The molecular weight excluding hydrogens is 222 g/mol. The molecule has 3 heteroatoms. The maximum absolute atomic E-state index is 4.39. The number of H-pyrrole nitrogens is 1. The van der Waals surface area contributed by atoms with Crippen molar-refractivity contribution in [3.05, 3.63) is 18.2 Å². The van der Waals surface area contributed by atoms with Gasteiger partial charge >= 0.3 is 0 Å². The smallest absolute Gasteiger partial charge is 0.107 e. The van der Waals surface area contributed by atoms with Gasteiger partial charge in [0.25, 0.3) is 0 Å². The molecule has 0 bridgehead atoms. The van der Waals surface area contributed by atoms with Gasteiger partial charge in [-0.05, 0) is 31.7 Å². The Morgan fingerprint density at radius 2 is 2.11 bits per heavy atom. The van der Waals surface area contributed by atoms with Gasteiger partial charge in [-0.25, -0.2) is 4.98 Å². The van der Waals surface area contributed by atoms with Gasteiger partial charge in [-0.3, -0.25) is 0 Å². The molecule has 1 heterocycles. The molecule has 2 rings (SSSR count). The van der Waals surface area contributed by atoms with Crippen molar-refractivity contribution in [1.29, 1.82) is 0 Å². The van der Waals surface area contributed by atoms with Crippen molar-refractivity contribution in [2.45, 2.75) is 64.3 Å².